The zero-order chi connectivity index (χ0) is 30.3. The van der Waals surface area contributed by atoms with Gasteiger partial charge in [0, 0.05) is 40.7 Å². The molecule has 0 unspecified atom stereocenters. The number of aliphatic carboxylic acids is 1. The third kappa shape index (κ3) is 7.63. The van der Waals surface area contributed by atoms with E-state index in [2.05, 4.69) is 15.3 Å². The standard InChI is InChI=1S/C28H36N6O6S/c1-7-34(8-2)27-29-18-24(33(6)41(38,39)22-15-9-19(3)10-16-22)25(31-27)30-23(26(35)36)17-20-11-13-21(14-12-20)40-28(37)32(4)5/h9-16,18,23H,7-8,17H2,1-6H3,(H,35,36)(H,29,30,31)/t23-/m0/s1. The SMILES string of the molecule is CCN(CC)c1ncc(N(C)S(=O)(=O)c2ccc(C)cc2)c(N[C@@H](Cc2ccc(OC(=O)N(C)C)cc2)C(=O)O)n1. The van der Waals surface area contributed by atoms with Gasteiger partial charge in [-0.3, -0.25) is 4.31 Å². The summed E-state index contributed by atoms with van der Waals surface area (Å²) in [6.45, 7) is 6.92. The molecule has 0 aliphatic heterocycles. The fourth-order valence-corrected chi connectivity index (χ4v) is 5.03. The topological polar surface area (TPSA) is 145 Å². The van der Waals surface area contributed by atoms with Gasteiger partial charge in [-0.2, -0.15) is 4.98 Å². The van der Waals surface area contributed by atoms with Gasteiger partial charge < -0.3 is 25.0 Å². The maximum Gasteiger partial charge on any atom is 0.414 e. The summed E-state index contributed by atoms with van der Waals surface area (Å²) in [7, 11) is 0.502. The van der Waals surface area contributed by atoms with Crippen LogP contribution >= 0.6 is 0 Å². The van der Waals surface area contributed by atoms with E-state index in [4.69, 9.17) is 4.74 Å². The summed E-state index contributed by atoms with van der Waals surface area (Å²) in [6.07, 6.45) is 0.880. The van der Waals surface area contributed by atoms with Gasteiger partial charge in [0.1, 0.15) is 17.5 Å². The zero-order valence-corrected chi connectivity index (χ0v) is 24.8. The van der Waals surface area contributed by atoms with Crippen molar-refractivity contribution >= 4 is 39.5 Å². The van der Waals surface area contributed by atoms with Crippen molar-refractivity contribution in [2.45, 2.75) is 38.1 Å². The van der Waals surface area contributed by atoms with Gasteiger partial charge >= 0.3 is 12.1 Å². The van der Waals surface area contributed by atoms with Gasteiger partial charge in [-0.25, -0.2) is 23.0 Å². The lowest BCUT2D eigenvalue weighted by Gasteiger charge is -2.26. The van der Waals surface area contributed by atoms with Crippen LogP contribution in [0.3, 0.4) is 0 Å². The van der Waals surface area contributed by atoms with Crippen molar-refractivity contribution in [3.8, 4) is 5.75 Å². The second kappa shape index (κ2) is 13.3. The highest BCUT2D eigenvalue weighted by molar-refractivity contribution is 7.92. The molecule has 0 spiro atoms. The molecule has 0 radical (unpaired) electrons. The number of carboxylic acids is 1. The number of aromatic nitrogens is 2. The Kier molecular flexibility index (Phi) is 10.1. The zero-order valence-electron chi connectivity index (χ0n) is 24.0. The van der Waals surface area contributed by atoms with Gasteiger partial charge in [-0.1, -0.05) is 29.8 Å². The van der Waals surface area contributed by atoms with Crippen LogP contribution in [-0.2, 0) is 21.2 Å². The Labute approximate surface area is 240 Å². The molecule has 3 aromatic rings. The molecule has 13 heteroatoms. The first-order chi connectivity index (χ1) is 19.4. The van der Waals surface area contributed by atoms with Crippen molar-refractivity contribution in [1.82, 2.24) is 14.9 Å². The van der Waals surface area contributed by atoms with Crippen LogP contribution in [0.25, 0.3) is 0 Å². The molecule has 0 bridgehead atoms. The average Bonchev–Trinajstić information content (AvgIpc) is 2.94. The minimum absolute atomic E-state index is 0.0374. The Morgan fingerprint density at radius 3 is 2.15 bits per heavy atom. The minimum atomic E-state index is -4.00. The monoisotopic (exact) mass is 584 g/mol. The number of nitrogens with one attached hydrogen (secondary N) is 1. The quantitative estimate of drug-likeness (QED) is 0.324. The molecule has 0 aliphatic carbocycles. The number of ether oxygens (including phenoxy) is 1. The van der Waals surface area contributed by atoms with E-state index in [9.17, 15) is 23.1 Å². The molecule has 12 nitrogen and oxygen atoms in total. The second-order valence-corrected chi connectivity index (χ2v) is 11.5. The Hall–Kier alpha value is -4.39. The van der Waals surface area contributed by atoms with Gasteiger partial charge in [0.15, 0.2) is 5.82 Å². The van der Waals surface area contributed by atoms with Crippen LogP contribution in [0, 0.1) is 6.92 Å². The van der Waals surface area contributed by atoms with Crippen LogP contribution < -0.4 is 19.3 Å². The number of rotatable bonds is 12. The van der Waals surface area contributed by atoms with Crippen molar-refractivity contribution in [2.24, 2.45) is 0 Å². The smallest absolute Gasteiger partial charge is 0.414 e. The van der Waals surface area contributed by atoms with Crippen molar-refractivity contribution in [2.75, 3.05) is 48.8 Å². The normalized spacial score (nSPS) is 11.9. The molecule has 0 aliphatic rings. The summed E-state index contributed by atoms with van der Waals surface area (Å²) in [6, 6.07) is 11.7. The molecule has 3 rings (SSSR count). The van der Waals surface area contributed by atoms with Gasteiger partial charge in [0.2, 0.25) is 5.95 Å². The number of benzene rings is 2. The highest BCUT2D eigenvalue weighted by Crippen LogP contribution is 2.30. The number of hydrogen-bond donors (Lipinski definition) is 2. The molecule has 0 saturated carbocycles. The third-order valence-corrected chi connectivity index (χ3v) is 8.15. The van der Waals surface area contributed by atoms with E-state index in [1.807, 2.05) is 25.7 Å². The molecule has 2 aromatic carbocycles. The second-order valence-electron chi connectivity index (χ2n) is 9.51. The lowest BCUT2D eigenvalue weighted by Crippen LogP contribution is -2.35. The molecular weight excluding hydrogens is 548 g/mol. The number of carboxylic acid groups (broad SMARTS) is 1. The molecule has 1 heterocycles. The van der Waals surface area contributed by atoms with E-state index in [1.165, 1.54) is 30.3 Å². The van der Waals surface area contributed by atoms with E-state index in [0.717, 1.165) is 9.87 Å². The number of hydrogen-bond acceptors (Lipinski definition) is 9. The summed E-state index contributed by atoms with van der Waals surface area (Å²) in [5.41, 5.74) is 1.66. The van der Waals surface area contributed by atoms with Crippen molar-refractivity contribution < 1.29 is 27.9 Å². The van der Waals surface area contributed by atoms with Gasteiger partial charge in [0.05, 0.1) is 11.1 Å². The Balaban J connectivity index is 1.96. The van der Waals surface area contributed by atoms with Crippen molar-refractivity contribution in [3.63, 3.8) is 0 Å². The highest BCUT2D eigenvalue weighted by atomic mass is 32.2. The average molecular weight is 585 g/mol. The van der Waals surface area contributed by atoms with Gasteiger partial charge in [0.25, 0.3) is 10.0 Å². The number of amides is 1. The number of sulfonamides is 1. The molecule has 1 amide bonds. The lowest BCUT2D eigenvalue weighted by molar-refractivity contribution is -0.137. The van der Waals surface area contributed by atoms with Crippen molar-refractivity contribution in [3.05, 3.63) is 65.9 Å². The first kappa shape index (κ1) is 31.1. The van der Waals surface area contributed by atoms with Crippen LogP contribution in [-0.4, -0.2) is 80.7 Å². The highest BCUT2D eigenvalue weighted by Gasteiger charge is 2.28. The Morgan fingerprint density at radius 1 is 1.00 bits per heavy atom. The fourth-order valence-electron chi connectivity index (χ4n) is 3.85. The molecule has 0 fully saturated rings. The van der Waals surface area contributed by atoms with E-state index < -0.39 is 28.1 Å². The van der Waals surface area contributed by atoms with E-state index in [1.54, 1.807) is 50.5 Å². The molecule has 0 saturated heterocycles. The predicted molar refractivity (Wildman–Crippen MR) is 157 cm³/mol. The van der Waals surface area contributed by atoms with Crippen LogP contribution in [0.2, 0.25) is 0 Å². The number of aryl methyl sites for hydroxylation is 1. The molecule has 1 aromatic heterocycles. The van der Waals surface area contributed by atoms with E-state index >= 15 is 0 Å². The number of nitrogens with zero attached hydrogens (tertiary/aromatic N) is 5. The van der Waals surface area contributed by atoms with Crippen LogP contribution in [0.4, 0.5) is 22.2 Å². The third-order valence-electron chi connectivity index (χ3n) is 6.36. The van der Waals surface area contributed by atoms with Crippen LogP contribution in [0.1, 0.15) is 25.0 Å². The predicted octanol–water partition coefficient (Wildman–Crippen LogP) is 3.62. The van der Waals surface area contributed by atoms with Crippen LogP contribution in [0.5, 0.6) is 5.75 Å². The number of anilines is 3. The minimum Gasteiger partial charge on any atom is -0.480 e. The molecule has 220 valence electrons. The molecule has 1 atom stereocenters. The van der Waals surface area contributed by atoms with Crippen molar-refractivity contribution in [1.29, 1.82) is 0 Å². The molecule has 41 heavy (non-hydrogen) atoms. The van der Waals surface area contributed by atoms with E-state index in [-0.39, 0.29) is 22.8 Å². The number of carbonyl (C=O) groups excluding carboxylic acids is 1. The van der Waals surface area contributed by atoms with Crippen LogP contribution in [0.15, 0.2) is 59.6 Å². The number of carbonyl (C=O) groups is 2. The summed E-state index contributed by atoms with van der Waals surface area (Å²) in [4.78, 5) is 36.3. The summed E-state index contributed by atoms with van der Waals surface area (Å²) < 4.78 is 33.2. The Morgan fingerprint density at radius 2 is 1.61 bits per heavy atom. The summed E-state index contributed by atoms with van der Waals surface area (Å²) in [5.74, 6) is -0.453. The first-order valence-electron chi connectivity index (χ1n) is 13.0. The summed E-state index contributed by atoms with van der Waals surface area (Å²) >= 11 is 0. The first-order valence-corrected chi connectivity index (χ1v) is 14.5. The Bertz CT molecular complexity index is 1460. The maximum atomic E-state index is 13.5. The fraction of sp³-hybridized carbons (Fsp3) is 0.357. The molecular formula is C28H36N6O6S. The van der Waals surface area contributed by atoms with Gasteiger partial charge in [-0.05, 0) is 50.6 Å². The summed E-state index contributed by atoms with van der Waals surface area (Å²) in [5, 5.41) is 13.0. The molecule has 2 N–H and O–H groups in total. The van der Waals surface area contributed by atoms with Gasteiger partial charge in [-0.15, -0.1) is 0 Å². The maximum absolute atomic E-state index is 13.5. The largest absolute Gasteiger partial charge is 0.480 e. The van der Waals surface area contributed by atoms with E-state index in [0.29, 0.717) is 30.4 Å². The lowest BCUT2D eigenvalue weighted by atomic mass is 10.1.